The minimum absolute atomic E-state index is 0.0131. The van der Waals surface area contributed by atoms with E-state index in [2.05, 4.69) is 55.6 Å². The number of benzene rings is 2. The summed E-state index contributed by atoms with van der Waals surface area (Å²) in [7, 11) is 0. The molecule has 0 aliphatic carbocycles. The van der Waals surface area contributed by atoms with Crippen LogP contribution in [0, 0.1) is 18.8 Å². The minimum atomic E-state index is -1.14. The van der Waals surface area contributed by atoms with Crippen molar-refractivity contribution in [2.75, 3.05) is 13.2 Å². The van der Waals surface area contributed by atoms with Gasteiger partial charge in [0.2, 0.25) is 17.7 Å². The van der Waals surface area contributed by atoms with Gasteiger partial charge in [-0.1, -0.05) is 70.2 Å². The molecule has 4 aromatic rings. The third-order valence-electron chi connectivity index (χ3n) is 9.67. The first-order valence-corrected chi connectivity index (χ1v) is 19.1. The molecule has 16 heteroatoms. The van der Waals surface area contributed by atoms with Crippen molar-refractivity contribution in [1.82, 2.24) is 51.1 Å². The number of aromatic nitrogens is 5. The Balaban J connectivity index is 1.36. The molecule has 2 aromatic carbocycles. The van der Waals surface area contributed by atoms with Gasteiger partial charge < -0.3 is 31.3 Å². The van der Waals surface area contributed by atoms with Crippen molar-refractivity contribution < 1.29 is 28.7 Å². The SMILES string of the molecule is Cc1nc2n(n1)CC(=O)N[C@@H](CC(C)C)COc1ccc(cc1)C[C@H](NC(=O)c1cc3n(n1)CCNC3=O)C(=O)N[C@@H](Cc1ccccc1)C(=O)N[C@H]2C(C)C. The predicted molar refractivity (Wildman–Crippen MR) is 205 cm³/mol. The van der Waals surface area contributed by atoms with Crippen LogP contribution in [-0.4, -0.2) is 85.4 Å². The molecule has 0 radical (unpaired) electrons. The van der Waals surface area contributed by atoms with E-state index < -0.39 is 35.8 Å². The molecule has 56 heavy (non-hydrogen) atoms. The molecule has 2 aromatic heterocycles. The van der Waals surface area contributed by atoms with Crippen LogP contribution in [-0.2, 0) is 40.3 Å². The highest BCUT2D eigenvalue weighted by Gasteiger charge is 2.33. The van der Waals surface area contributed by atoms with Crippen LogP contribution in [0.4, 0.5) is 0 Å². The molecule has 3 aliphatic heterocycles. The quantitative estimate of drug-likeness (QED) is 0.187. The van der Waals surface area contributed by atoms with E-state index in [4.69, 9.17) is 4.74 Å². The van der Waals surface area contributed by atoms with Gasteiger partial charge in [0.15, 0.2) is 11.5 Å². The summed E-state index contributed by atoms with van der Waals surface area (Å²) in [6, 6.07) is 14.6. The van der Waals surface area contributed by atoms with Crippen molar-refractivity contribution in [3.8, 4) is 5.75 Å². The van der Waals surface area contributed by atoms with E-state index in [0.29, 0.717) is 42.5 Å². The Kier molecular flexibility index (Phi) is 12.5. The second-order valence-electron chi connectivity index (χ2n) is 15.1. The lowest BCUT2D eigenvalue weighted by molar-refractivity contribution is -0.130. The van der Waals surface area contributed by atoms with Gasteiger partial charge in [0.25, 0.3) is 11.8 Å². The smallest absolute Gasteiger partial charge is 0.272 e. The van der Waals surface area contributed by atoms with Crippen LogP contribution in [0.15, 0.2) is 60.7 Å². The molecule has 2 bridgehead atoms. The molecule has 0 fully saturated rings. The van der Waals surface area contributed by atoms with Crippen molar-refractivity contribution in [3.05, 3.63) is 94.8 Å². The third-order valence-corrected chi connectivity index (χ3v) is 9.67. The Bertz CT molecular complexity index is 2040. The highest BCUT2D eigenvalue weighted by molar-refractivity contribution is 6.00. The van der Waals surface area contributed by atoms with Crippen molar-refractivity contribution in [2.24, 2.45) is 11.8 Å². The number of aryl methyl sites for hydroxylation is 1. The number of nitrogens with zero attached hydrogens (tertiary/aromatic N) is 5. The lowest BCUT2D eigenvalue weighted by Crippen LogP contribution is -2.55. The van der Waals surface area contributed by atoms with Gasteiger partial charge in [-0.15, -0.1) is 0 Å². The van der Waals surface area contributed by atoms with E-state index in [1.165, 1.54) is 15.4 Å². The summed E-state index contributed by atoms with van der Waals surface area (Å²) in [5.74, 6) is -0.860. The number of amides is 5. The summed E-state index contributed by atoms with van der Waals surface area (Å²) in [4.78, 5) is 72.9. The Hall–Kier alpha value is -6.06. The van der Waals surface area contributed by atoms with Crippen molar-refractivity contribution >= 4 is 29.5 Å². The van der Waals surface area contributed by atoms with Gasteiger partial charge in [-0.25, -0.2) is 9.67 Å². The summed E-state index contributed by atoms with van der Waals surface area (Å²) in [6.07, 6.45) is 0.875. The zero-order valence-electron chi connectivity index (χ0n) is 32.4. The fourth-order valence-corrected chi connectivity index (χ4v) is 6.92. The molecule has 0 unspecified atom stereocenters. The third kappa shape index (κ3) is 9.97. The Labute approximate surface area is 325 Å². The molecule has 5 N–H and O–H groups in total. The number of carbonyl (C=O) groups is 5. The van der Waals surface area contributed by atoms with E-state index in [1.54, 1.807) is 31.2 Å². The van der Waals surface area contributed by atoms with Crippen LogP contribution in [0.25, 0.3) is 0 Å². The van der Waals surface area contributed by atoms with Crippen molar-refractivity contribution in [3.63, 3.8) is 0 Å². The topological polar surface area (TPSA) is 203 Å². The normalized spacial score (nSPS) is 20.9. The Morgan fingerprint density at radius 2 is 1.68 bits per heavy atom. The van der Waals surface area contributed by atoms with Crippen LogP contribution < -0.4 is 31.3 Å². The summed E-state index contributed by atoms with van der Waals surface area (Å²) < 4.78 is 9.11. The fraction of sp³-hybridized carbons (Fsp3) is 0.450. The zero-order valence-corrected chi connectivity index (χ0v) is 32.4. The number of rotatable bonds is 7. The Morgan fingerprint density at radius 1 is 0.929 bits per heavy atom. The van der Waals surface area contributed by atoms with Gasteiger partial charge in [-0.3, -0.25) is 28.7 Å². The fourth-order valence-electron chi connectivity index (χ4n) is 6.92. The molecule has 0 saturated carbocycles. The summed E-state index contributed by atoms with van der Waals surface area (Å²) in [6.45, 7) is 10.6. The monoisotopic (exact) mass is 766 g/mol. The first kappa shape index (κ1) is 39.6. The maximum absolute atomic E-state index is 14.4. The number of hydrogen-bond acceptors (Lipinski definition) is 9. The zero-order chi connectivity index (χ0) is 39.9. The maximum atomic E-state index is 14.4. The van der Waals surface area contributed by atoms with Crippen LogP contribution >= 0.6 is 0 Å². The number of ether oxygens (including phenoxy) is 1. The number of nitrogens with one attached hydrogen (secondary N) is 5. The van der Waals surface area contributed by atoms with Crippen molar-refractivity contribution in [1.29, 1.82) is 0 Å². The number of carbonyl (C=O) groups excluding carboxylic acids is 5. The average molecular weight is 767 g/mol. The largest absolute Gasteiger partial charge is 0.491 e. The molecule has 16 nitrogen and oxygen atoms in total. The van der Waals surface area contributed by atoms with Crippen LogP contribution in [0.3, 0.4) is 0 Å². The molecule has 3 aliphatic rings. The first-order chi connectivity index (χ1) is 26.8. The minimum Gasteiger partial charge on any atom is -0.491 e. The van der Waals surface area contributed by atoms with Gasteiger partial charge in [0.05, 0.1) is 18.6 Å². The van der Waals surface area contributed by atoms with Crippen LogP contribution in [0.1, 0.15) is 83.9 Å². The molecule has 296 valence electrons. The molecule has 0 spiro atoms. The van der Waals surface area contributed by atoms with Crippen LogP contribution in [0.2, 0.25) is 0 Å². The standard InChI is InChI=1S/C40H50N10O6/c1-23(2)17-28-22-56-29-13-11-27(12-14-29)19-30(45-39(54)32-20-33-40(55)41-15-16-49(33)48-32)37(52)44-31(18-26-9-7-6-8-10-26)38(53)46-35(24(3)4)36-42-25(5)47-50(36)21-34(51)43-28/h6-14,20,23-24,28,30-31,35H,15-19,21-22H2,1-5H3,(H,41,55)(H,43,51)(H,44,52)(H,45,54)(H,46,53)/t28-,30-,31-,35-/m0/s1. The van der Waals surface area contributed by atoms with E-state index in [-0.39, 0.29) is 67.1 Å². The van der Waals surface area contributed by atoms with Gasteiger partial charge in [0.1, 0.15) is 42.5 Å². The number of hydrogen-bond donors (Lipinski definition) is 5. The summed E-state index contributed by atoms with van der Waals surface area (Å²) >= 11 is 0. The molecule has 7 rings (SSSR count). The first-order valence-electron chi connectivity index (χ1n) is 19.1. The highest BCUT2D eigenvalue weighted by atomic mass is 16.5. The van der Waals surface area contributed by atoms with E-state index in [9.17, 15) is 24.0 Å². The lowest BCUT2D eigenvalue weighted by atomic mass is 10.00. The molecule has 5 amide bonds. The maximum Gasteiger partial charge on any atom is 0.272 e. The van der Waals surface area contributed by atoms with E-state index in [0.717, 1.165) is 5.56 Å². The van der Waals surface area contributed by atoms with Crippen molar-refractivity contribution in [2.45, 2.75) is 91.1 Å². The molecule has 0 saturated heterocycles. The predicted octanol–water partition coefficient (Wildman–Crippen LogP) is 2.03. The van der Waals surface area contributed by atoms with Gasteiger partial charge in [0, 0.05) is 25.5 Å². The van der Waals surface area contributed by atoms with Gasteiger partial charge >= 0.3 is 0 Å². The second-order valence-corrected chi connectivity index (χ2v) is 15.1. The van der Waals surface area contributed by atoms with E-state index in [1.807, 2.05) is 44.2 Å². The molecular weight excluding hydrogens is 717 g/mol. The highest BCUT2D eigenvalue weighted by Crippen LogP contribution is 2.22. The Morgan fingerprint density at radius 3 is 2.38 bits per heavy atom. The van der Waals surface area contributed by atoms with Gasteiger partial charge in [-0.2, -0.15) is 10.2 Å². The number of fused-ring (bicyclic) bond motifs is 15. The van der Waals surface area contributed by atoms with Crippen LogP contribution in [0.5, 0.6) is 5.75 Å². The van der Waals surface area contributed by atoms with E-state index >= 15 is 0 Å². The summed E-state index contributed by atoms with van der Waals surface area (Å²) in [5, 5.41) is 23.5. The average Bonchev–Trinajstić information content (AvgIpc) is 3.76. The lowest BCUT2D eigenvalue weighted by Gasteiger charge is -2.27. The molecule has 5 heterocycles. The summed E-state index contributed by atoms with van der Waals surface area (Å²) in [5.41, 5.74) is 1.74. The molecule has 4 atom stereocenters. The molecular formula is C40H50N10O6. The second kappa shape index (κ2) is 17.6. The van der Waals surface area contributed by atoms with Gasteiger partial charge in [-0.05, 0) is 48.4 Å².